The summed E-state index contributed by atoms with van der Waals surface area (Å²) in [5.74, 6) is 3.99. The standard InChI is InChI=1S/C27H36N2O4/c1-30-24-13-18-5-8-28-22(20(18)15-26(24)32-3)11-17-6-9-29-10-7-19-14-25(31-2)27(33-4)16-21(19)23(29)12-17/h13-17,22-23,28H,5-12H2,1-4H3. The summed E-state index contributed by atoms with van der Waals surface area (Å²) < 4.78 is 22.4. The molecule has 1 N–H and O–H groups in total. The fourth-order valence-corrected chi connectivity index (χ4v) is 6.13. The molecule has 0 aromatic heterocycles. The van der Waals surface area contributed by atoms with Crippen LogP contribution in [0, 0.1) is 5.92 Å². The average molecular weight is 453 g/mol. The molecule has 0 aliphatic carbocycles. The van der Waals surface area contributed by atoms with Gasteiger partial charge in [-0.25, -0.2) is 0 Å². The molecule has 0 spiro atoms. The molecule has 2 aromatic carbocycles. The zero-order valence-electron chi connectivity index (χ0n) is 20.3. The van der Waals surface area contributed by atoms with Crippen LogP contribution in [0.3, 0.4) is 0 Å². The van der Waals surface area contributed by atoms with Crippen LogP contribution in [0.25, 0.3) is 0 Å². The number of hydrogen-bond acceptors (Lipinski definition) is 6. The van der Waals surface area contributed by atoms with Gasteiger partial charge in [0.15, 0.2) is 23.0 Å². The predicted molar refractivity (Wildman–Crippen MR) is 129 cm³/mol. The van der Waals surface area contributed by atoms with Crippen LogP contribution in [0.15, 0.2) is 24.3 Å². The quantitative estimate of drug-likeness (QED) is 0.705. The number of nitrogens with zero attached hydrogens (tertiary/aromatic N) is 1. The molecule has 6 nitrogen and oxygen atoms in total. The highest BCUT2D eigenvalue weighted by Crippen LogP contribution is 2.45. The third-order valence-electron chi connectivity index (χ3n) is 7.87. The second-order valence-electron chi connectivity index (χ2n) is 9.50. The number of methoxy groups -OCH3 is 4. The van der Waals surface area contributed by atoms with Crippen molar-refractivity contribution in [2.45, 2.75) is 44.2 Å². The molecule has 5 rings (SSSR count). The lowest BCUT2D eigenvalue weighted by molar-refractivity contribution is 0.0942. The van der Waals surface area contributed by atoms with Gasteiger partial charge >= 0.3 is 0 Å². The first-order valence-electron chi connectivity index (χ1n) is 12.1. The Morgan fingerprint density at radius 3 is 2.06 bits per heavy atom. The number of fused-ring (bicyclic) bond motifs is 4. The zero-order chi connectivity index (χ0) is 22.9. The molecule has 0 bridgehead atoms. The van der Waals surface area contributed by atoms with Crippen molar-refractivity contribution in [2.24, 2.45) is 5.92 Å². The van der Waals surface area contributed by atoms with Gasteiger partial charge in [-0.15, -0.1) is 0 Å². The maximum absolute atomic E-state index is 5.63. The number of ether oxygens (including phenoxy) is 4. The smallest absolute Gasteiger partial charge is 0.161 e. The van der Waals surface area contributed by atoms with Crippen LogP contribution in [-0.2, 0) is 12.8 Å². The van der Waals surface area contributed by atoms with Crippen LogP contribution >= 0.6 is 0 Å². The van der Waals surface area contributed by atoms with Gasteiger partial charge in [-0.05, 0) is 97.6 Å². The normalized spacial score (nSPS) is 24.3. The van der Waals surface area contributed by atoms with Crippen LogP contribution in [0.4, 0.5) is 0 Å². The number of nitrogens with one attached hydrogen (secondary N) is 1. The van der Waals surface area contributed by atoms with Crippen molar-refractivity contribution in [1.29, 1.82) is 0 Å². The summed E-state index contributed by atoms with van der Waals surface area (Å²) in [6, 6.07) is 9.58. The van der Waals surface area contributed by atoms with Gasteiger partial charge in [-0.2, -0.15) is 0 Å². The third-order valence-corrected chi connectivity index (χ3v) is 7.87. The maximum Gasteiger partial charge on any atom is 0.161 e. The highest BCUT2D eigenvalue weighted by molar-refractivity contribution is 5.50. The van der Waals surface area contributed by atoms with E-state index < -0.39 is 0 Å². The summed E-state index contributed by atoms with van der Waals surface area (Å²) in [6.45, 7) is 3.30. The molecule has 1 fully saturated rings. The Balaban J connectivity index is 1.37. The van der Waals surface area contributed by atoms with Gasteiger partial charge in [0, 0.05) is 18.6 Å². The zero-order valence-corrected chi connectivity index (χ0v) is 20.3. The van der Waals surface area contributed by atoms with Crippen molar-refractivity contribution >= 4 is 0 Å². The predicted octanol–water partition coefficient (Wildman–Crippen LogP) is 4.31. The Morgan fingerprint density at radius 2 is 1.39 bits per heavy atom. The van der Waals surface area contributed by atoms with Crippen LogP contribution in [-0.4, -0.2) is 53.0 Å². The van der Waals surface area contributed by atoms with E-state index in [0.717, 1.165) is 61.9 Å². The van der Waals surface area contributed by atoms with Gasteiger partial charge in [0.25, 0.3) is 0 Å². The van der Waals surface area contributed by atoms with Crippen molar-refractivity contribution < 1.29 is 18.9 Å². The van der Waals surface area contributed by atoms with E-state index >= 15 is 0 Å². The third kappa shape index (κ3) is 4.15. The van der Waals surface area contributed by atoms with Crippen molar-refractivity contribution in [3.63, 3.8) is 0 Å². The minimum Gasteiger partial charge on any atom is -0.493 e. The Hall–Kier alpha value is -2.44. The van der Waals surface area contributed by atoms with Gasteiger partial charge in [0.05, 0.1) is 28.4 Å². The van der Waals surface area contributed by atoms with Gasteiger partial charge in [0.1, 0.15) is 0 Å². The Bertz CT molecular complexity index is 1010. The van der Waals surface area contributed by atoms with Crippen LogP contribution < -0.4 is 24.3 Å². The molecule has 3 aliphatic rings. The molecule has 3 heterocycles. The number of benzene rings is 2. The lowest BCUT2D eigenvalue weighted by Crippen LogP contribution is -2.42. The molecule has 33 heavy (non-hydrogen) atoms. The molecule has 3 unspecified atom stereocenters. The largest absolute Gasteiger partial charge is 0.493 e. The monoisotopic (exact) mass is 452 g/mol. The maximum atomic E-state index is 5.63. The molecular weight excluding hydrogens is 416 g/mol. The molecular formula is C27H36N2O4. The number of piperidine rings is 1. The summed E-state index contributed by atoms with van der Waals surface area (Å²) in [4.78, 5) is 2.67. The van der Waals surface area contributed by atoms with Gasteiger partial charge in [-0.1, -0.05) is 0 Å². The first kappa shape index (κ1) is 22.4. The van der Waals surface area contributed by atoms with E-state index in [-0.39, 0.29) is 0 Å². The molecule has 0 radical (unpaired) electrons. The number of hydrogen-bond donors (Lipinski definition) is 1. The van der Waals surface area contributed by atoms with E-state index in [1.54, 1.807) is 28.4 Å². The summed E-state index contributed by atoms with van der Waals surface area (Å²) in [6.07, 6.45) is 5.69. The lowest BCUT2D eigenvalue weighted by Gasteiger charge is -2.44. The van der Waals surface area contributed by atoms with E-state index in [4.69, 9.17) is 18.9 Å². The van der Waals surface area contributed by atoms with Crippen molar-refractivity contribution in [3.8, 4) is 23.0 Å². The van der Waals surface area contributed by atoms with Gasteiger partial charge in [0.2, 0.25) is 0 Å². The fraction of sp³-hybridized carbons (Fsp3) is 0.556. The second-order valence-corrected chi connectivity index (χ2v) is 9.50. The van der Waals surface area contributed by atoms with Gasteiger partial charge in [-0.3, -0.25) is 4.90 Å². The van der Waals surface area contributed by atoms with E-state index in [1.807, 2.05) is 0 Å². The summed E-state index contributed by atoms with van der Waals surface area (Å²) in [7, 11) is 6.87. The molecule has 6 heteroatoms. The molecule has 1 saturated heterocycles. The Labute approximate surface area is 197 Å². The highest BCUT2D eigenvalue weighted by atomic mass is 16.5. The first-order valence-corrected chi connectivity index (χ1v) is 12.1. The van der Waals surface area contributed by atoms with Crippen LogP contribution in [0.5, 0.6) is 23.0 Å². The van der Waals surface area contributed by atoms with E-state index in [0.29, 0.717) is 18.0 Å². The van der Waals surface area contributed by atoms with Crippen molar-refractivity contribution in [3.05, 3.63) is 46.5 Å². The van der Waals surface area contributed by atoms with E-state index in [1.165, 1.54) is 35.1 Å². The lowest BCUT2D eigenvalue weighted by atomic mass is 9.78. The SMILES string of the molecule is COc1cc2c(cc1OC)C(CC1CCN3CCc4cc(OC)c(OC)cc4C3C1)NCC2. The van der Waals surface area contributed by atoms with Crippen molar-refractivity contribution in [2.75, 3.05) is 48.1 Å². The highest BCUT2D eigenvalue weighted by Gasteiger charge is 2.36. The Kier molecular flexibility index (Phi) is 6.39. The van der Waals surface area contributed by atoms with E-state index in [9.17, 15) is 0 Å². The average Bonchev–Trinajstić information content (AvgIpc) is 2.87. The van der Waals surface area contributed by atoms with E-state index in [2.05, 4.69) is 34.5 Å². The summed E-state index contributed by atoms with van der Waals surface area (Å²) in [5, 5.41) is 3.79. The molecule has 178 valence electrons. The fourth-order valence-electron chi connectivity index (χ4n) is 6.13. The topological polar surface area (TPSA) is 52.2 Å². The Morgan fingerprint density at radius 1 is 0.788 bits per heavy atom. The second kappa shape index (κ2) is 9.43. The van der Waals surface area contributed by atoms with Crippen molar-refractivity contribution in [1.82, 2.24) is 10.2 Å². The molecule has 2 aromatic rings. The first-order chi connectivity index (χ1) is 16.1. The van der Waals surface area contributed by atoms with Crippen LogP contribution in [0.1, 0.15) is 53.6 Å². The summed E-state index contributed by atoms with van der Waals surface area (Å²) >= 11 is 0. The van der Waals surface area contributed by atoms with Gasteiger partial charge < -0.3 is 24.3 Å². The minimum atomic E-state index is 0.360. The molecule has 0 saturated carbocycles. The molecule has 3 aliphatic heterocycles. The molecule has 0 amide bonds. The number of rotatable bonds is 6. The minimum absolute atomic E-state index is 0.360. The summed E-state index contributed by atoms with van der Waals surface area (Å²) in [5.41, 5.74) is 5.59. The van der Waals surface area contributed by atoms with Crippen LogP contribution in [0.2, 0.25) is 0 Å². The molecule has 3 atom stereocenters.